The van der Waals surface area contributed by atoms with Gasteiger partial charge in [-0.15, -0.1) is 0 Å². The lowest BCUT2D eigenvalue weighted by Crippen LogP contribution is -2.40. The number of nitrogens with zero attached hydrogens (tertiary/aromatic N) is 2. The van der Waals surface area contributed by atoms with Gasteiger partial charge in [-0.1, -0.05) is 41.9 Å². The number of hydrogen-bond acceptors (Lipinski definition) is 6. The minimum Gasteiger partial charge on any atom is -0.469 e. The van der Waals surface area contributed by atoms with Crippen molar-refractivity contribution in [1.82, 2.24) is 9.88 Å². The third kappa shape index (κ3) is 6.85. The fourth-order valence-electron chi connectivity index (χ4n) is 5.73. The molecule has 2 amide bonds. The van der Waals surface area contributed by atoms with Crippen molar-refractivity contribution in [2.24, 2.45) is 5.92 Å². The first kappa shape index (κ1) is 29.0. The van der Waals surface area contributed by atoms with Crippen LogP contribution in [0.5, 0.6) is 0 Å². The van der Waals surface area contributed by atoms with E-state index in [9.17, 15) is 18.8 Å². The molecule has 1 N–H and O–H groups in total. The van der Waals surface area contributed by atoms with Crippen LogP contribution in [0.15, 0.2) is 54.7 Å². The van der Waals surface area contributed by atoms with Crippen LogP contribution < -0.4 is 5.32 Å². The second-order valence-electron chi connectivity index (χ2n) is 10.7. The van der Waals surface area contributed by atoms with Gasteiger partial charge in [-0.3, -0.25) is 19.4 Å². The molecule has 2 atom stereocenters. The predicted molar refractivity (Wildman–Crippen MR) is 154 cm³/mol. The van der Waals surface area contributed by atoms with E-state index in [1.165, 1.54) is 7.11 Å². The zero-order chi connectivity index (χ0) is 28.9. The molecule has 0 bridgehead atoms. The van der Waals surface area contributed by atoms with Gasteiger partial charge < -0.3 is 19.7 Å². The van der Waals surface area contributed by atoms with Crippen molar-refractivity contribution in [3.05, 3.63) is 71.0 Å². The molecule has 41 heavy (non-hydrogen) atoms. The fourth-order valence-corrected chi connectivity index (χ4v) is 5.98. The van der Waals surface area contributed by atoms with Gasteiger partial charge in [-0.05, 0) is 54.8 Å². The Labute approximate surface area is 243 Å². The minimum atomic E-state index is -1.11. The van der Waals surface area contributed by atoms with Gasteiger partial charge in [0.2, 0.25) is 5.91 Å². The number of nitrogens with one attached hydrogen (secondary N) is 1. The van der Waals surface area contributed by atoms with E-state index in [1.54, 1.807) is 29.3 Å². The van der Waals surface area contributed by atoms with Crippen LogP contribution in [0.3, 0.4) is 0 Å². The molecule has 0 radical (unpaired) electrons. The molecule has 2 fully saturated rings. The molecule has 1 saturated heterocycles. The average molecular weight is 582 g/mol. The van der Waals surface area contributed by atoms with Crippen molar-refractivity contribution >= 4 is 45.8 Å². The maximum Gasteiger partial charge on any atom is 0.308 e. The van der Waals surface area contributed by atoms with E-state index in [2.05, 4.69) is 10.3 Å². The van der Waals surface area contributed by atoms with Gasteiger partial charge in [0.15, 0.2) is 0 Å². The second kappa shape index (κ2) is 13.0. The van der Waals surface area contributed by atoms with Crippen molar-refractivity contribution in [3.8, 4) is 0 Å². The molecule has 216 valence electrons. The summed E-state index contributed by atoms with van der Waals surface area (Å²) in [7, 11) is 1.40. The largest absolute Gasteiger partial charge is 0.469 e. The molecule has 1 aliphatic heterocycles. The molecular formula is C31H33ClFN3O5. The topological polar surface area (TPSA) is 97.8 Å². The Bertz CT molecular complexity index is 1420. The number of amides is 2. The van der Waals surface area contributed by atoms with E-state index in [4.69, 9.17) is 21.1 Å². The number of aromatic nitrogens is 1. The Hall–Kier alpha value is -3.56. The summed E-state index contributed by atoms with van der Waals surface area (Å²) in [6.45, 7) is 0.287. The number of carbonyl (C=O) groups is 3. The lowest BCUT2D eigenvalue weighted by Gasteiger charge is -2.30. The van der Waals surface area contributed by atoms with Gasteiger partial charge in [0, 0.05) is 18.0 Å². The average Bonchev–Trinajstić information content (AvgIpc) is 3.37. The molecule has 1 aliphatic carbocycles. The molecule has 2 heterocycles. The van der Waals surface area contributed by atoms with E-state index < -0.39 is 6.17 Å². The van der Waals surface area contributed by atoms with E-state index in [0.717, 1.165) is 23.6 Å². The molecular weight excluding hydrogens is 549 g/mol. The maximum atomic E-state index is 14.4. The number of anilines is 1. The maximum absolute atomic E-state index is 14.4. The zero-order valence-electron chi connectivity index (χ0n) is 22.9. The number of alkyl halides is 1. The highest BCUT2D eigenvalue weighted by Crippen LogP contribution is 2.30. The van der Waals surface area contributed by atoms with Crippen LogP contribution in [0, 0.1) is 5.92 Å². The Balaban J connectivity index is 1.17. The third-order valence-electron chi connectivity index (χ3n) is 7.94. The van der Waals surface area contributed by atoms with Gasteiger partial charge in [-0.2, -0.15) is 0 Å². The predicted octanol–water partition coefficient (Wildman–Crippen LogP) is 5.37. The molecule has 1 aromatic heterocycles. The molecule has 0 spiro atoms. The number of methoxy groups -OCH3 is 1. The Morgan fingerprint density at radius 1 is 1.10 bits per heavy atom. The van der Waals surface area contributed by atoms with Crippen molar-refractivity contribution in [1.29, 1.82) is 0 Å². The summed E-state index contributed by atoms with van der Waals surface area (Å²) >= 11 is 6.48. The van der Waals surface area contributed by atoms with Crippen LogP contribution in [0.1, 0.15) is 48.2 Å². The number of hydrogen-bond donors (Lipinski definition) is 1. The number of ether oxygens (including phenoxy) is 2. The van der Waals surface area contributed by atoms with Crippen molar-refractivity contribution < 1.29 is 28.2 Å². The summed E-state index contributed by atoms with van der Waals surface area (Å²) in [5.41, 5.74) is 1.35. The van der Waals surface area contributed by atoms with Crippen molar-refractivity contribution in [2.45, 2.75) is 56.8 Å². The van der Waals surface area contributed by atoms with E-state index in [-0.39, 0.29) is 72.6 Å². The van der Waals surface area contributed by atoms with Gasteiger partial charge in [0.1, 0.15) is 11.9 Å². The Kier molecular flexibility index (Phi) is 9.15. The minimum absolute atomic E-state index is 0.0165. The number of fused-ring (bicyclic) bond motifs is 1. The lowest BCUT2D eigenvalue weighted by atomic mass is 9.87. The molecule has 3 aromatic rings. The number of benzene rings is 2. The molecule has 2 aliphatic rings. The summed E-state index contributed by atoms with van der Waals surface area (Å²) in [6.07, 6.45) is 3.61. The Morgan fingerprint density at radius 3 is 2.63 bits per heavy atom. The summed E-state index contributed by atoms with van der Waals surface area (Å²) in [5, 5.41) is 4.73. The summed E-state index contributed by atoms with van der Waals surface area (Å²) in [4.78, 5) is 43.7. The number of esters is 1. The normalized spacial score (nSPS) is 22.5. The van der Waals surface area contributed by atoms with Gasteiger partial charge in [0.05, 0.1) is 55.5 Å². The van der Waals surface area contributed by atoms with Gasteiger partial charge in [0.25, 0.3) is 5.91 Å². The number of halogens is 2. The second-order valence-corrected chi connectivity index (χ2v) is 11.1. The monoisotopic (exact) mass is 581 g/mol. The van der Waals surface area contributed by atoms with Gasteiger partial charge in [-0.25, -0.2) is 4.39 Å². The number of carbonyl (C=O) groups excluding carboxylic acids is 3. The molecule has 1 saturated carbocycles. The highest BCUT2D eigenvalue weighted by molar-refractivity contribution is 6.34. The van der Waals surface area contributed by atoms with Crippen LogP contribution in [0.2, 0.25) is 5.02 Å². The third-order valence-corrected chi connectivity index (χ3v) is 8.26. The van der Waals surface area contributed by atoms with E-state index in [1.807, 2.05) is 30.3 Å². The Morgan fingerprint density at radius 2 is 1.88 bits per heavy atom. The smallest absolute Gasteiger partial charge is 0.308 e. The van der Waals surface area contributed by atoms with Crippen LogP contribution in [0.4, 0.5) is 10.1 Å². The number of likely N-dealkylation sites (tertiary alicyclic amines) is 1. The first-order valence-electron chi connectivity index (χ1n) is 13.9. The summed E-state index contributed by atoms with van der Waals surface area (Å²) in [5.74, 6) is -0.879. The lowest BCUT2D eigenvalue weighted by molar-refractivity contribution is -0.148. The van der Waals surface area contributed by atoms with Crippen molar-refractivity contribution in [2.75, 3.05) is 25.6 Å². The first-order valence-corrected chi connectivity index (χ1v) is 14.3. The van der Waals surface area contributed by atoms with Gasteiger partial charge >= 0.3 is 5.97 Å². The van der Waals surface area contributed by atoms with Crippen LogP contribution in [-0.2, 0) is 25.5 Å². The molecule has 2 aromatic carbocycles. The quantitative estimate of drug-likeness (QED) is 0.359. The summed E-state index contributed by atoms with van der Waals surface area (Å²) < 4.78 is 25.3. The zero-order valence-corrected chi connectivity index (χ0v) is 23.6. The van der Waals surface area contributed by atoms with Crippen LogP contribution >= 0.6 is 11.6 Å². The molecule has 10 heteroatoms. The van der Waals surface area contributed by atoms with Crippen molar-refractivity contribution in [3.63, 3.8) is 0 Å². The highest BCUT2D eigenvalue weighted by atomic mass is 35.5. The SMILES string of the molecule is COC(=O)[C@H]1CC[C@H](OC[C@@H]2C[C@H](F)CN2C(=O)Cc2ccc(NC(=O)c3nccc4ccccc34)c(Cl)c2)CC1. The fraction of sp³-hybridized carbons (Fsp3) is 0.419. The number of rotatable bonds is 8. The van der Waals surface area contributed by atoms with E-state index in [0.29, 0.717) is 24.1 Å². The number of pyridine rings is 1. The van der Waals surface area contributed by atoms with E-state index >= 15 is 0 Å². The molecule has 5 rings (SSSR count). The standard InChI is InChI=1S/C31H33ClFN3O5/c1-40-31(39)21-7-9-24(10-8-21)41-18-23-16-22(33)17-36(23)28(37)15-19-6-11-27(26(32)14-19)35-30(38)29-25-5-3-2-4-20(25)12-13-34-29/h2-6,11-14,21-24H,7-10,15-18H2,1H3,(H,35,38)/t21-,22-,23-,24-/m0/s1. The molecule has 0 unspecified atom stereocenters. The molecule has 8 nitrogen and oxygen atoms in total. The summed E-state index contributed by atoms with van der Waals surface area (Å²) in [6, 6.07) is 14.0. The highest BCUT2D eigenvalue weighted by Gasteiger charge is 2.36. The van der Waals surface area contributed by atoms with Crippen LogP contribution in [-0.4, -0.2) is 66.2 Å². The van der Waals surface area contributed by atoms with Crippen LogP contribution in [0.25, 0.3) is 10.8 Å². The first-order chi connectivity index (χ1) is 19.8.